The van der Waals surface area contributed by atoms with Crippen molar-refractivity contribution >= 4 is 28.2 Å². The lowest BCUT2D eigenvalue weighted by molar-refractivity contribution is 0.0505. The standard InChI is InChI=1S/C24H24N2O3S/c1-2-14-29-24(28)21-19-9-8-18(16-6-4-3-5-7-16)15-20(19)30-23(21)26-22(27)17-10-12-25-13-11-17/h3-7,10-13,18H,2,8-9,14-15H2,1H3,(H,26,27)/t18-/m0/s1. The highest BCUT2D eigenvalue weighted by molar-refractivity contribution is 7.17. The zero-order chi connectivity index (χ0) is 20.9. The molecule has 5 nitrogen and oxygen atoms in total. The molecule has 0 spiro atoms. The largest absolute Gasteiger partial charge is 0.462 e. The summed E-state index contributed by atoms with van der Waals surface area (Å²) in [7, 11) is 0. The van der Waals surface area contributed by atoms with E-state index in [4.69, 9.17) is 4.74 Å². The second-order valence-corrected chi connectivity index (χ2v) is 8.49. The smallest absolute Gasteiger partial charge is 0.341 e. The number of aromatic nitrogens is 1. The summed E-state index contributed by atoms with van der Waals surface area (Å²) in [6, 6.07) is 13.8. The maximum atomic E-state index is 12.9. The van der Waals surface area contributed by atoms with Gasteiger partial charge >= 0.3 is 5.97 Å². The monoisotopic (exact) mass is 420 g/mol. The Bertz CT molecular complexity index is 1030. The molecule has 4 rings (SSSR count). The Morgan fingerprint density at radius 3 is 2.67 bits per heavy atom. The Labute approximate surface area is 180 Å². The van der Waals surface area contributed by atoms with E-state index in [2.05, 4.69) is 34.6 Å². The highest BCUT2D eigenvalue weighted by Gasteiger charge is 2.31. The first kappa shape index (κ1) is 20.3. The van der Waals surface area contributed by atoms with E-state index in [-0.39, 0.29) is 11.9 Å². The first-order valence-corrected chi connectivity index (χ1v) is 11.1. The number of nitrogens with zero attached hydrogens (tertiary/aromatic N) is 1. The van der Waals surface area contributed by atoms with E-state index in [1.165, 1.54) is 16.9 Å². The first-order valence-electron chi connectivity index (χ1n) is 10.2. The van der Waals surface area contributed by atoms with Gasteiger partial charge in [0.2, 0.25) is 0 Å². The van der Waals surface area contributed by atoms with Gasteiger partial charge in [0.1, 0.15) is 5.00 Å². The Kier molecular flexibility index (Phi) is 6.23. The number of benzene rings is 1. The number of carbonyl (C=O) groups excluding carboxylic acids is 2. The molecule has 0 radical (unpaired) electrons. The molecule has 154 valence electrons. The number of hydrogen-bond acceptors (Lipinski definition) is 5. The number of carbonyl (C=O) groups is 2. The molecular formula is C24H24N2O3S. The molecule has 0 aliphatic heterocycles. The molecular weight excluding hydrogens is 396 g/mol. The molecule has 3 aromatic rings. The highest BCUT2D eigenvalue weighted by Crippen LogP contribution is 2.43. The van der Waals surface area contributed by atoms with Crippen molar-refractivity contribution in [3.8, 4) is 0 Å². The summed E-state index contributed by atoms with van der Waals surface area (Å²) >= 11 is 1.50. The third-order valence-corrected chi connectivity index (χ3v) is 6.52. The minimum Gasteiger partial charge on any atom is -0.462 e. The van der Waals surface area contributed by atoms with Crippen molar-refractivity contribution in [1.29, 1.82) is 0 Å². The van der Waals surface area contributed by atoms with Crippen LogP contribution < -0.4 is 5.32 Å². The SMILES string of the molecule is CCCOC(=O)c1c(NC(=O)c2ccncc2)sc2c1CC[C@H](c1ccccc1)C2. The van der Waals surface area contributed by atoms with Gasteiger partial charge < -0.3 is 10.1 Å². The predicted molar refractivity (Wildman–Crippen MR) is 118 cm³/mol. The van der Waals surface area contributed by atoms with E-state index in [1.807, 2.05) is 13.0 Å². The number of esters is 1. The van der Waals surface area contributed by atoms with Crippen molar-refractivity contribution in [3.05, 3.63) is 82.0 Å². The van der Waals surface area contributed by atoms with Gasteiger partial charge in [0.05, 0.1) is 12.2 Å². The topological polar surface area (TPSA) is 68.3 Å². The molecule has 1 aromatic carbocycles. The number of fused-ring (bicyclic) bond motifs is 1. The molecule has 0 unspecified atom stereocenters. The van der Waals surface area contributed by atoms with Gasteiger partial charge in [-0.1, -0.05) is 37.3 Å². The lowest BCUT2D eigenvalue weighted by Gasteiger charge is -2.23. The van der Waals surface area contributed by atoms with Crippen molar-refractivity contribution in [2.24, 2.45) is 0 Å². The van der Waals surface area contributed by atoms with Crippen LogP contribution in [0, 0.1) is 0 Å². The van der Waals surface area contributed by atoms with E-state index < -0.39 is 0 Å². The molecule has 6 heteroatoms. The second kappa shape index (κ2) is 9.22. The molecule has 1 N–H and O–H groups in total. The van der Waals surface area contributed by atoms with Gasteiger partial charge in [0.25, 0.3) is 5.91 Å². The van der Waals surface area contributed by atoms with Gasteiger partial charge in [-0.15, -0.1) is 11.3 Å². The van der Waals surface area contributed by atoms with Crippen molar-refractivity contribution in [2.75, 3.05) is 11.9 Å². The number of anilines is 1. The Morgan fingerprint density at radius 2 is 1.93 bits per heavy atom. The van der Waals surface area contributed by atoms with E-state index >= 15 is 0 Å². The average molecular weight is 421 g/mol. The number of amides is 1. The molecule has 1 amide bonds. The fraction of sp³-hybridized carbons (Fsp3) is 0.292. The number of ether oxygens (including phenoxy) is 1. The second-order valence-electron chi connectivity index (χ2n) is 7.38. The first-order chi connectivity index (χ1) is 14.7. The van der Waals surface area contributed by atoms with Gasteiger partial charge in [-0.3, -0.25) is 9.78 Å². The number of hydrogen-bond donors (Lipinski definition) is 1. The molecule has 0 fully saturated rings. The van der Waals surface area contributed by atoms with Crippen molar-refractivity contribution in [2.45, 2.75) is 38.5 Å². The molecule has 0 saturated carbocycles. The number of pyridine rings is 1. The van der Waals surface area contributed by atoms with Gasteiger partial charge in [-0.25, -0.2) is 4.79 Å². The third kappa shape index (κ3) is 4.28. The number of thiophene rings is 1. The van der Waals surface area contributed by atoms with E-state index in [0.29, 0.717) is 28.7 Å². The van der Waals surface area contributed by atoms with Crippen LogP contribution in [-0.2, 0) is 17.6 Å². The summed E-state index contributed by atoms with van der Waals surface area (Å²) in [5.41, 5.74) is 3.37. The third-order valence-electron chi connectivity index (χ3n) is 5.35. The number of nitrogens with one attached hydrogen (secondary N) is 1. The van der Waals surface area contributed by atoms with Crippen LogP contribution in [0.15, 0.2) is 54.9 Å². The van der Waals surface area contributed by atoms with Crippen LogP contribution in [0.4, 0.5) is 5.00 Å². The van der Waals surface area contributed by atoms with E-state index in [0.717, 1.165) is 36.1 Å². The summed E-state index contributed by atoms with van der Waals surface area (Å²) < 4.78 is 5.45. The molecule has 30 heavy (non-hydrogen) atoms. The minimum absolute atomic E-state index is 0.250. The molecule has 0 saturated heterocycles. The van der Waals surface area contributed by atoms with Gasteiger partial charge in [0, 0.05) is 22.8 Å². The molecule has 1 atom stereocenters. The van der Waals surface area contributed by atoms with Crippen LogP contribution in [0.5, 0.6) is 0 Å². The summed E-state index contributed by atoms with van der Waals surface area (Å²) in [5.74, 6) is -0.182. The average Bonchev–Trinajstić information content (AvgIpc) is 3.15. The van der Waals surface area contributed by atoms with Gasteiger partial charge in [-0.2, -0.15) is 0 Å². The van der Waals surface area contributed by atoms with Crippen LogP contribution in [0.1, 0.15) is 62.4 Å². The summed E-state index contributed by atoms with van der Waals surface area (Å²) in [6.45, 7) is 2.33. The van der Waals surface area contributed by atoms with Crippen molar-refractivity contribution in [3.63, 3.8) is 0 Å². The molecule has 1 aliphatic rings. The summed E-state index contributed by atoms with van der Waals surface area (Å²) in [5, 5.41) is 3.53. The lowest BCUT2D eigenvalue weighted by atomic mass is 9.83. The Morgan fingerprint density at radius 1 is 1.17 bits per heavy atom. The van der Waals surface area contributed by atoms with Crippen molar-refractivity contribution in [1.82, 2.24) is 4.98 Å². The number of rotatable bonds is 6. The zero-order valence-corrected chi connectivity index (χ0v) is 17.7. The van der Waals surface area contributed by atoms with E-state index in [9.17, 15) is 9.59 Å². The van der Waals surface area contributed by atoms with Crippen molar-refractivity contribution < 1.29 is 14.3 Å². The normalized spacial score (nSPS) is 15.3. The van der Waals surface area contributed by atoms with Crippen LogP contribution in [0.2, 0.25) is 0 Å². The quantitative estimate of drug-likeness (QED) is 0.554. The summed E-state index contributed by atoms with van der Waals surface area (Å²) in [4.78, 5) is 30.7. The Hall–Kier alpha value is -2.99. The van der Waals surface area contributed by atoms with Crippen LogP contribution >= 0.6 is 11.3 Å². The highest BCUT2D eigenvalue weighted by atomic mass is 32.1. The Balaban J connectivity index is 1.65. The van der Waals surface area contributed by atoms with Gasteiger partial charge in [-0.05, 0) is 54.9 Å². The molecule has 2 aromatic heterocycles. The van der Waals surface area contributed by atoms with Gasteiger partial charge in [0.15, 0.2) is 0 Å². The molecule has 0 bridgehead atoms. The predicted octanol–water partition coefficient (Wildman–Crippen LogP) is 5.23. The fourth-order valence-corrected chi connectivity index (χ4v) is 5.16. The maximum absolute atomic E-state index is 12.9. The van der Waals surface area contributed by atoms with Crippen LogP contribution in [-0.4, -0.2) is 23.5 Å². The van der Waals surface area contributed by atoms with Crippen LogP contribution in [0.3, 0.4) is 0 Å². The lowest BCUT2D eigenvalue weighted by Crippen LogP contribution is -2.17. The van der Waals surface area contributed by atoms with E-state index in [1.54, 1.807) is 24.5 Å². The molecule has 1 aliphatic carbocycles. The zero-order valence-electron chi connectivity index (χ0n) is 16.9. The summed E-state index contributed by atoms with van der Waals surface area (Å²) in [6.07, 6.45) is 6.55. The maximum Gasteiger partial charge on any atom is 0.341 e. The van der Waals surface area contributed by atoms with Crippen LogP contribution in [0.25, 0.3) is 0 Å². The molecule has 2 heterocycles. The minimum atomic E-state index is -0.350. The fourth-order valence-electron chi connectivity index (χ4n) is 3.85.